The minimum Gasteiger partial charge on any atom is -0.480 e. The Morgan fingerprint density at radius 2 is 2.17 bits per heavy atom. The number of nitrogens with zero attached hydrogens (tertiary/aromatic N) is 1. The van der Waals surface area contributed by atoms with Crippen LogP contribution >= 0.6 is 11.8 Å². The lowest BCUT2D eigenvalue weighted by molar-refractivity contribution is -0.767. The second-order valence-corrected chi connectivity index (χ2v) is 4.57. The first kappa shape index (κ1) is 16.5. The van der Waals surface area contributed by atoms with Crippen molar-refractivity contribution in [3.63, 3.8) is 0 Å². The first-order valence-corrected chi connectivity index (χ1v) is 6.58. The number of amides is 1. The lowest BCUT2D eigenvalue weighted by atomic mass is 10.2. The Morgan fingerprint density at radius 3 is 2.61 bits per heavy atom. The van der Waals surface area contributed by atoms with Gasteiger partial charge in [-0.2, -0.15) is 11.8 Å². The highest BCUT2D eigenvalue weighted by molar-refractivity contribution is 7.98. The summed E-state index contributed by atoms with van der Waals surface area (Å²) < 4.78 is 0. The molecule has 8 nitrogen and oxygen atoms in total. The first-order valence-electron chi connectivity index (χ1n) is 5.19. The van der Waals surface area contributed by atoms with Crippen molar-refractivity contribution < 1.29 is 24.6 Å². The molecule has 2 N–H and O–H groups in total. The predicted molar refractivity (Wildman–Crippen MR) is 64.7 cm³/mol. The SMILES string of the molecule is CSCCC(NC(=O)CC(C)O[N+](=O)[O-])C(=O)O. The Balaban J connectivity index is 4.16. The van der Waals surface area contributed by atoms with Crippen molar-refractivity contribution in [2.45, 2.75) is 31.9 Å². The molecular formula is C9H16N2O6S. The van der Waals surface area contributed by atoms with Crippen LogP contribution in [0.15, 0.2) is 0 Å². The average Bonchev–Trinajstić information content (AvgIpc) is 2.22. The van der Waals surface area contributed by atoms with Crippen LogP contribution in [0.1, 0.15) is 19.8 Å². The van der Waals surface area contributed by atoms with Gasteiger partial charge < -0.3 is 15.3 Å². The van der Waals surface area contributed by atoms with Crippen LogP contribution in [0.2, 0.25) is 0 Å². The minimum absolute atomic E-state index is 0.260. The Morgan fingerprint density at radius 1 is 1.56 bits per heavy atom. The van der Waals surface area contributed by atoms with Crippen molar-refractivity contribution in [2.75, 3.05) is 12.0 Å². The number of hydrogen-bond acceptors (Lipinski definition) is 6. The van der Waals surface area contributed by atoms with Gasteiger partial charge in [0.2, 0.25) is 5.91 Å². The molecule has 0 aromatic rings. The lowest BCUT2D eigenvalue weighted by Crippen LogP contribution is -2.42. The normalized spacial score (nSPS) is 13.4. The van der Waals surface area contributed by atoms with Gasteiger partial charge in [0.15, 0.2) is 0 Å². The molecule has 0 aliphatic rings. The summed E-state index contributed by atoms with van der Waals surface area (Å²) in [7, 11) is 0. The van der Waals surface area contributed by atoms with E-state index in [4.69, 9.17) is 5.11 Å². The van der Waals surface area contributed by atoms with Crippen molar-refractivity contribution in [2.24, 2.45) is 0 Å². The number of nitrogens with one attached hydrogen (secondary N) is 1. The highest BCUT2D eigenvalue weighted by Gasteiger charge is 2.21. The summed E-state index contributed by atoms with van der Waals surface area (Å²) >= 11 is 1.47. The van der Waals surface area contributed by atoms with Crippen LogP contribution in [0.3, 0.4) is 0 Å². The van der Waals surface area contributed by atoms with Gasteiger partial charge in [-0.1, -0.05) is 0 Å². The van der Waals surface area contributed by atoms with Crippen molar-refractivity contribution in [3.05, 3.63) is 10.1 Å². The lowest BCUT2D eigenvalue weighted by Gasteiger charge is -2.15. The van der Waals surface area contributed by atoms with Crippen molar-refractivity contribution in [3.8, 4) is 0 Å². The van der Waals surface area contributed by atoms with E-state index in [0.29, 0.717) is 12.2 Å². The molecule has 2 atom stereocenters. The van der Waals surface area contributed by atoms with E-state index in [1.807, 2.05) is 6.26 Å². The zero-order valence-electron chi connectivity index (χ0n) is 10.1. The van der Waals surface area contributed by atoms with Gasteiger partial charge in [-0.05, 0) is 25.4 Å². The molecule has 9 heteroatoms. The van der Waals surface area contributed by atoms with E-state index in [2.05, 4.69) is 10.2 Å². The maximum atomic E-state index is 11.4. The largest absolute Gasteiger partial charge is 0.480 e. The maximum Gasteiger partial charge on any atom is 0.326 e. The fourth-order valence-electron chi connectivity index (χ4n) is 1.19. The topological polar surface area (TPSA) is 119 Å². The summed E-state index contributed by atoms with van der Waals surface area (Å²) in [6.45, 7) is 1.36. The zero-order valence-corrected chi connectivity index (χ0v) is 10.9. The van der Waals surface area contributed by atoms with Crippen LogP contribution in [0.5, 0.6) is 0 Å². The molecule has 104 valence electrons. The van der Waals surface area contributed by atoms with Gasteiger partial charge in [0.1, 0.15) is 12.1 Å². The van der Waals surface area contributed by atoms with Crippen molar-refractivity contribution >= 4 is 23.6 Å². The highest BCUT2D eigenvalue weighted by Crippen LogP contribution is 2.03. The second kappa shape index (κ2) is 8.56. The van der Waals surface area contributed by atoms with E-state index >= 15 is 0 Å². The van der Waals surface area contributed by atoms with Crippen molar-refractivity contribution in [1.29, 1.82) is 0 Å². The molecule has 2 unspecified atom stereocenters. The molecule has 0 saturated heterocycles. The number of hydrogen-bond donors (Lipinski definition) is 2. The number of rotatable bonds is 9. The Kier molecular flexibility index (Phi) is 7.84. The van der Waals surface area contributed by atoms with E-state index in [-0.39, 0.29) is 6.42 Å². The summed E-state index contributed by atoms with van der Waals surface area (Å²) in [6.07, 6.45) is 0.958. The molecule has 0 rings (SSSR count). The Labute approximate surface area is 108 Å². The molecule has 0 aliphatic heterocycles. The fraction of sp³-hybridized carbons (Fsp3) is 0.778. The van der Waals surface area contributed by atoms with E-state index in [1.54, 1.807) is 0 Å². The quantitative estimate of drug-likeness (QED) is 0.460. The van der Waals surface area contributed by atoms with Gasteiger partial charge in [0.05, 0.1) is 6.42 Å². The zero-order chi connectivity index (χ0) is 14.1. The second-order valence-electron chi connectivity index (χ2n) is 3.58. The van der Waals surface area contributed by atoms with E-state index in [0.717, 1.165) is 0 Å². The molecule has 0 aromatic heterocycles. The number of aliphatic carboxylic acids is 1. The summed E-state index contributed by atoms with van der Waals surface area (Å²) in [5.74, 6) is -1.11. The van der Waals surface area contributed by atoms with Gasteiger partial charge >= 0.3 is 5.97 Å². The number of carboxylic acid groups (broad SMARTS) is 1. The molecule has 0 radical (unpaired) electrons. The van der Waals surface area contributed by atoms with Crippen molar-refractivity contribution in [1.82, 2.24) is 5.32 Å². The highest BCUT2D eigenvalue weighted by atomic mass is 32.2. The van der Waals surface area contributed by atoms with Crippen LogP contribution < -0.4 is 5.32 Å². The van der Waals surface area contributed by atoms with Crippen LogP contribution in [0.4, 0.5) is 0 Å². The van der Waals surface area contributed by atoms with E-state index < -0.39 is 29.1 Å². The molecule has 0 fully saturated rings. The van der Waals surface area contributed by atoms with Crippen LogP contribution in [-0.4, -0.2) is 46.2 Å². The van der Waals surface area contributed by atoms with Gasteiger partial charge in [0, 0.05) is 0 Å². The number of thioether (sulfide) groups is 1. The third-order valence-corrected chi connectivity index (χ3v) is 2.63. The standard InChI is InChI=1S/C9H16N2O6S/c1-6(17-11(15)16)5-8(12)10-7(9(13)14)3-4-18-2/h6-7H,3-5H2,1-2H3,(H,10,12)(H,13,14). The monoisotopic (exact) mass is 280 g/mol. The summed E-state index contributed by atoms with van der Waals surface area (Å²) in [6, 6.07) is -0.979. The average molecular weight is 280 g/mol. The van der Waals surface area contributed by atoms with Crippen LogP contribution in [0, 0.1) is 10.1 Å². The molecular weight excluding hydrogens is 264 g/mol. The molecule has 18 heavy (non-hydrogen) atoms. The van der Waals surface area contributed by atoms with Gasteiger partial charge in [-0.15, -0.1) is 10.1 Å². The van der Waals surface area contributed by atoms with Crippen LogP contribution in [-0.2, 0) is 14.4 Å². The summed E-state index contributed by atoms with van der Waals surface area (Å²) in [5, 5.41) is 20.2. The Hall–Kier alpha value is -1.51. The van der Waals surface area contributed by atoms with Gasteiger partial charge in [-0.3, -0.25) is 4.79 Å². The van der Waals surface area contributed by atoms with Gasteiger partial charge in [0.25, 0.3) is 5.09 Å². The first-order chi connectivity index (χ1) is 8.36. The molecule has 0 saturated carbocycles. The smallest absolute Gasteiger partial charge is 0.326 e. The number of carbonyl (C=O) groups is 2. The Bertz CT molecular complexity index is 311. The third kappa shape index (κ3) is 7.71. The van der Waals surface area contributed by atoms with Crippen LogP contribution in [0.25, 0.3) is 0 Å². The number of carboxylic acids is 1. The van der Waals surface area contributed by atoms with Gasteiger partial charge in [-0.25, -0.2) is 4.79 Å². The number of carbonyl (C=O) groups excluding carboxylic acids is 1. The van der Waals surface area contributed by atoms with E-state index in [9.17, 15) is 19.7 Å². The molecule has 0 aromatic carbocycles. The molecule has 1 amide bonds. The molecule has 0 heterocycles. The fourth-order valence-corrected chi connectivity index (χ4v) is 1.66. The summed E-state index contributed by atoms with van der Waals surface area (Å²) in [5.41, 5.74) is 0. The molecule has 0 spiro atoms. The summed E-state index contributed by atoms with van der Waals surface area (Å²) in [4.78, 5) is 36.4. The molecule has 0 bridgehead atoms. The maximum absolute atomic E-state index is 11.4. The predicted octanol–water partition coefficient (Wildman–Crippen LogP) is 0.296. The molecule has 0 aliphatic carbocycles. The van der Waals surface area contributed by atoms with E-state index in [1.165, 1.54) is 18.7 Å². The minimum atomic E-state index is -1.12. The third-order valence-electron chi connectivity index (χ3n) is 1.98.